The van der Waals surface area contributed by atoms with Crippen LogP contribution in [0, 0.1) is 0 Å². The van der Waals surface area contributed by atoms with E-state index in [-0.39, 0.29) is 11.9 Å². The number of hydrogen-bond acceptors (Lipinski definition) is 4. The molecule has 0 fully saturated rings. The molecule has 1 unspecified atom stereocenters. The van der Waals surface area contributed by atoms with E-state index in [1.54, 1.807) is 30.3 Å². The van der Waals surface area contributed by atoms with E-state index in [2.05, 4.69) is 20.5 Å². The topological polar surface area (TPSA) is 77.6 Å². The van der Waals surface area contributed by atoms with E-state index in [9.17, 15) is 4.79 Å². The van der Waals surface area contributed by atoms with Gasteiger partial charge in [-0.2, -0.15) is 10.2 Å². The summed E-state index contributed by atoms with van der Waals surface area (Å²) >= 11 is 0. The fraction of sp³-hybridized carbons (Fsp3) is 0.294. The van der Waals surface area contributed by atoms with Crippen molar-refractivity contribution < 1.29 is 4.79 Å². The second-order valence-corrected chi connectivity index (χ2v) is 5.97. The van der Waals surface area contributed by atoms with Crippen molar-refractivity contribution in [2.24, 2.45) is 7.05 Å². The number of nitrogens with zero attached hydrogens (tertiary/aromatic N) is 5. The van der Waals surface area contributed by atoms with E-state index >= 15 is 0 Å². The number of aromatic nitrogens is 5. The Kier molecular flexibility index (Phi) is 3.60. The van der Waals surface area contributed by atoms with Crippen molar-refractivity contribution in [3.05, 3.63) is 59.8 Å². The van der Waals surface area contributed by atoms with Crippen molar-refractivity contribution in [2.75, 3.05) is 0 Å². The smallest absolute Gasteiger partial charge is 0.254 e. The van der Waals surface area contributed by atoms with E-state index in [1.807, 2.05) is 29.1 Å². The van der Waals surface area contributed by atoms with Crippen molar-refractivity contribution in [1.29, 1.82) is 0 Å². The zero-order valence-electron chi connectivity index (χ0n) is 13.4. The lowest BCUT2D eigenvalue weighted by Gasteiger charge is -2.23. The molecular weight excluding hydrogens is 304 g/mol. The molecule has 1 amide bonds. The Morgan fingerprint density at radius 1 is 1.29 bits per heavy atom. The minimum Gasteiger partial charge on any atom is -0.345 e. The van der Waals surface area contributed by atoms with Gasteiger partial charge in [0.25, 0.3) is 5.91 Å². The lowest BCUT2D eigenvalue weighted by molar-refractivity contribution is 0.0932. The van der Waals surface area contributed by atoms with Gasteiger partial charge in [0.05, 0.1) is 29.7 Å². The summed E-state index contributed by atoms with van der Waals surface area (Å²) in [5, 5.41) is 11.6. The van der Waals surface area contributed by atoms with Gasteiger partial charge >= 0.3 is 0 Å². The molecule has 1 aliphatic rings. The predicted octanol–water partition coefficient (Wildman–Crippen LogP) is 1.81. The largest absolute Gasteiger partial charge is 0.345 e. The third-order valence-electron chi connectivity index (χ3n) is 4.32. The quantitative estimate of drug-likeness (QED) is 0.798. The van der Waals surface area contributed by atoms with Gasteiger partial charge in [-0.05, 0) is 31.4 Å². The van der Waals surface area contributed by atoms with Crippen LogP contribution in [0.4, 0.5) is 0 Å². The predicted molar refractivity (Wildman–Crippen MR) is 87.7 cm³/mol. The highest BCUT2D eigenvalue weighted by Gasteiger charge is 2.26. The summed E-state index contributed by atoms with van der Waals surface area (Å²) in [4.78, 5) is 16.8. The third kappa shape index (κ3) is 2.58. The number of aryl methyl sites for hydroxylation is 1. The van der Waals surface area contributed by atoms with Gasteiger partial charge in [-0.1, -0.05) is 6.07 Å². The SMILES string of the molecule is Cn1cc(C(=O)NC2CCCc3c2cnn3-c2ccccn2)cn1. The van der Waals surface area contributed by atoms with Crippen LogP contribution in [0.15, 0.2) is 43.0 Å². The number of rotatable bonds is 3. The van der Waals surface area contributed by atoms with Gasteiger partial charge in [0, 0.05) is 25.0 Å². The first-order chi connectivity index (χ1) is 11.7. The monoisotopic (exact) mass is 322 g/mol. The van der Waals surface area contributed by atoms with Gasteiger partial charge in [0.2, 0.25) is 0 Å². The Bertz CT molecular complexity index is 866. The molecule has 4 rings (SSSR count). The summed E-state index contributed by atoms with van der Waals surface area (Å²) in [6, 6.07) is 5.74. The van der Waals surface area contributed by atoms with Crippen molar-refractivity contribution in [1.82, 2.24) is 29.9 Å². The maximum Gasteiger partial charge on any atom is 0.254 e. The number of carbonyl (C=O) groups excluding carboxylic acids is 1. The van der Waals surface area contributed by atoms with Crippen molar-refractivity contribution in [3.8, 4) is 5.82 Å². The van der Waals surface area contributed by atoms with E-state index in [0.717, 1.165) is 36.3 Å². The lowest BCUT2D eigenvalue weighted by Crippen LogP contribution is -2.30. The number of amides is 1. The Labute approximate surface area is 139 Å². The van der Waals surface area contributed by atoms with Crippen molar-refractivity contribution >= 4 is 5.91 Å². The first kappa shape index (κ1) is 14.6. The molecule has 1 aliphatic carbocycles. The second-order valence-electron chi connectivity index (χ2n) is 5.97. The Hall–Kier alpha value is -2.96. The molecule has 7 nitrogen and oxygen atoms in total. The van der Waals surface area contributed by atoms with Crippen LogP contribution in [-0.2, 0) is 13.5 Å². The summed E-state index contributed by atoms with van der Waals surface area (Å²) in [5.41, 5.74) is 2.77. The molecule has 7 heteroatoms. The first-order valence-corrected chi connectivity index (χ1v) is 8.00. The molecular formula is C17H18N6O. The van der Waals surface area contributed by atoms with Crippen LogP contribution in [0.3, 0.4) is 0 Å². The molecule has 0 aliphatic heterocycles. The van der Waals surface area contributed by atoms with Crippen LogP contribution in [0.1, 0.15) is 40.5 Å². The van der Waals surface area contributed by atoms with Crippen molar-refractivity contribution in [3.63, 3.8) is 0 Å². The van der Waals surface area contributed by atoms with E-state index in [0.29, 0.717) is 5.56 Å². The summed E-state index contributed by atoms with van der Waals surface area (Å²) in [6.45, 7) is 0. The molecule has 3 aromatic rings. The Morgan fingerprint density at radius 3 is 2.96 bits per heavy atom. The maximum absolute atomic E-state index is 12.4. The van der Waals surface area contributed by atoms with Crippen LogP contribution >= 0.6 is 0 Å². The highest BCUT2D eigenvalue weighted by molar-refractivity contribution is 5.94. The first-order valence-electron chi connectivity index (χ1n) is 8.00. The van der Waals surface area contributed by atoms with Crippen LogP contribution in [-0.4, -0.2) is 30.5 Å². The van der Waals surface area contributed by atoms with E-state index in [4.69, 9.17) is 0 Å². The lowest BCUT2D eigenvalue weighted by atomic mass is 9.92. The van der Waals surface area contributed by atoms with Crippen LogP contribution in [0.5, 0.6) is 0 Å². The molecule has 0 aromatic carbocycles. The van der Waals surface area contributed by atoms with E-state index < -0.39 is 0 Å². The fourth-order valence-electron chi connectivity index (χ4n) is 3.16. The average molecular weight is 322 g/mol. The van der Waals surface area contributed by atoms with Crippen LogP contribution < -0.4 is 5.32 Å². The highest BCUT2D eigenvalue weighted by atomic mass is 16.1. The molecule has 0 saturated heterocycles. The van der Waals surface area contributed by atoms with Gasteiger partial charge in [-0.15, -0.1) is 0 Å². The van der Waals surface area contributed by atoms with Gasteiger partial charge in [0.1, 0.15) is 0 Å². The van der Waals surface area contributed by atoms with Gasteiger partial charge < -0.3 is 5.32 Å². The Balaban J connectivity index is 1.61. The molecule has 1 atom stereocenters. The zero-order chi connectivity index (χ0) is 16.5. The third-order valence-corrected chi connectivity index (χ3v) is 4.32. The van der Waals surface area contributed by atoms with Gasteiger partial charge in [0.15, 0.2) is 5.82 Å². The second kappa shape index (κ2) is 5.92. The van der Waals surface area contributed by atoms with Crippen LogP contribution in [0.25, 0.3) is 5.82 Å². The molecule has 0 bridgehead atoms. The minimum absolute atomic E-state index is 0.0288. The minimum atomic E-state index is -0.105. The molecule has 1 N–H and O–H groups in total. The molecule has 24 heavy (non-hydrogen) atoms. The molecule has 3 heterocycles. The highest BCUT2D eigenvalue weighted by Crippen LogP contribution is 2.30. The standard InChI is InChI=1S/C17H18N6O/c1-22-11-12(9-19-22)17(24)21-14-5-4-6-15-13(14)10-20-23(15)16-7-2-3-8-18-16/h2-3,7-11,14H,4-6H2,1H3,(H,21,24). The number of carbonyl (C=O) groups is 1. The molecule has 3 aromatic heterocycles. The zero-order valence-corrected chi connectivity index (χ0v) is 13.4. The average Bonchev–Trinajstić information content (AvgIpc) is 3.22. The Morgan fingerprint density at radius 2 is 2.21 bits per heavy atom. The number of fused-ring (bicyclic) bond motifs is 1. The number of hydrogen-bond donors (Lipinski definition) is 1. The molecule has 0 spiro atoms. The molecule has 0 radical (unpaired) electrons. The molecule has 0 saturated carbocycles. The van der Waals surface area contributed by atoms with E-state index in [1.165, 1.54) is 0 Å². The molecule has 122 valence electrons. The normalized spacial score (nSPS) is 16.6. The summed E-state index contributed by atoms with van der Waals surface area (Å²) in [6.07, 6.45) is 9.75. The van der Waals surface area contributed by atoms with Crippen LogP contribution in [0.2, 0.25) is 0 Å². The van der Waals surface area contributed by atoms with Crippen molar-refractivity contribution in [2.45, 2.75) is 25.3 Å². The summed E-state index contributed by atoms with van der Waals surface area (Å²) in [5.74, 6) is 0.699. The maximum atomic E-state index is 12.4. The number of pyridine rings is 1. The summed E-state index contributed by atoms with van der Waals surface area (Å²) < 4.78 is 3.50. The van der Waals surface area contributed by atoms with Gasteiger partial charge in [-0.25, -0.2) is 9.67 Å². The number of nitrogens with one attached hydrogen (secondary N) is 1. The van der Waals surface area contributed by atoms with Gasteiger partial charge in [-0.3, -0.25) is 9.48 Å². The fourth-order valence-corrected chi connectivity index (χ4v) is 3.16. The summed E-state index contributed by atoms with van der Waals surface area (Å²) in [7, 11) is 1.80.